The molecule has 1 unspecified atom stereocenters. The number of benzene rings is 1. The number of rotatable bonds is 4. The lowest BCUT2D eigenvalue weighted by Crippen LogP contribution is -2.21. The molecule has 0 amide bonds. The first-order valence-corrected chi connectivity index (χ1v) is 8.35. The Morgan fingerprint density at radius 2 is 2.10 bits per heavy atom. The Morgan fingerprint density at radius 1 is 1.25 bits per heavy atom. The zero-order valence-corrected chi connectivity index (χ0v) is 13.1. The average molecular weight is 305 g/mol. The van der Waals surface area contributed by atoms with Crippen LogP contribution in [0.4, 0.5) is 4.39 Å². The van der Waals surface area contributed by atoms with Gasteiger partial charge in [-0.3, -0.25) is 0 Å². The molecule has 3 aromatic rings. The highest BCUT2D eigenvalue weighted by Crippen LogP contribution is 2.35. The van der Waals surface area contributed by atoms with Crippen molar-refractivity contribution >= 4 is 32.8 Å². The molecule has 1 aromatic carbocycles. The highest BCUT2D eigenvalue weighted by atomic mass is 32.1. The van der Waals surface area contributed by atoms with Crippen molar-refractivity contribution in [3.8, 4) is 0 Å². The number of hydrogen-bond donors (Lipinski definition) is 1. The summed E-state index contributed by atoms with van der Waals surface area (Å²) >= 11 is 3.44. The van der Waals surface area contributed by atoms with Crippen LogP contribution in [0.5, 0.6) is 0 Å². The van der Waals surface area contributed by atoms with Gasteiger partial charge in [-0.1, -0.05) is 13.0 Å². The number of fused-ring (bicyclic) bond motifs is 1. The van der Waals surface area contributed by atoms with Gasteiger partial charge in [-0.15, -0.1) is 22.7 Å². The molecule has 0 aliphatic carbocycles. The molecule has 1 nitrogen and oxygen atoms in total. The molecule has 104 valence electrons. The molecule has 0 spiro atoms. The first-order valence-electron chi connectivity index (χ1n) is 6.65. The van der Waals surface area contributed by atoms with Gasteiger partial charge in [0.2, 0.25) is 0 Å². The fraction of sp³-hybridized carbons (Fsp3) is 0.250. The molecule has 0 aliphatic heterocycles. The van der Waals surface area contributed by atoms with Crippen LogP contribution in [0.1, 0.15) is 28.3 Å². The van der Waals surface area contributed by atoms with Gasteiger partial charge in [0, 0.05) is 14.5 Å². The monoisotopic (exact) mass is 305 g/mol. The second kappa shape index (κ2) is 5.64. The number of hydrogen-bond acceptors (Lipinski definition) is 3. The Labute approximate surface area is 126 Å². The van der Waals surface area contributed by atoms with E-state index in [-0.39, 0.29) is 11.9 Å². The number of nitrogens with one attached hydrogen (secondary N) is 1. The van der Waals surface area contributed by atoms with Crippen LogP contribution in [0.2, 0.25) is 0 Å². The normalized spacial score (nSPS) is 12.9. The van der Waals surface area contributed by atoms with E-state index in [0.29, 0.717) is 0 Å². The van der Waals surface area contributed by atoms with E-state index in [1.165, 1.54) is 21.4 Å². The summed E-state index contributed by atoms with van der Waals surface area (Å²) in [4.78, 5) is 2.58. The molecule has 1 N–H and O–H groups in total. The van der Waals surface area contributed by atoms with Gasteiger partial charge in [0.1, 0.15) is 5.82 Å². The average Bonchev–Trinajstić information content (AvgIpc) is 3.01. The van der Waals surface area contributed by atoms with Crippen LogP contribution in [-0.2, 0) is 0 Å². The van der Waals surface area contributed by atoms with Crippen LogP contribution in [0, 0.1) is 12.7 Å². The maximum atomic E-state index is 13.3. The van der Waals surface area contributed by atoms with Crippen molar-refractivity contribution in [3.05, 3.63) is 56.8 Å². The number of halogens is 1. The fourth-order valence-corrected chi connectivity index (χ4v) is 4.36. The van der Waals surface area contributed by atoms with Gasteiger partial charge in [-0.2, -0.15) is 0 Å². The SMILES string of the molecule is CCNC(c1cc2ccc(F)cc2s1)c1ccsc1C. The highest BCUT2D eigenvalue weighted by molar-refractivity contribution is 7.19. The zero-order valence-electron chi connectivity index (χ0n) is 11.4. The molecule has 3 rings (SSSR count). The summed E-state index contributed by atoms with van der Waals surface area (Å²) in [6.07, 6.45) is 0. The summed E-state index contributed by atoms with van der Waals surface area (Å²) in [5.74, 6) is -0.169. The van der Waals surface area contributed by atoms with Crippen LogP contribution < -0.4 is 5.32 Å². The number of thiophene rings is 2. The molecule has 0 saturated carbocycles. The van der Waals surface area contributed by atoms with E-state index in [1.807, 2.05) is 6.07 Å². The molecule has 0 radical (unpaired) electrons. The summed E-state index contributed by atoms with van der Waals surface area (Å²) in [7, 11) is 0. The van der Waals surface area contributed by atoms with E-state index in [0.717, 1.165) is 16.6 Å². The largest absolute Gasteiger partial charge is 0.306 e. The third-order valence-electron chi connectivity index (χ3n) is 3.40. The van der Waals surface area contributed by atoms with Gasteiger partial charge >= 0.3 is 0 Å². The predicted molar refractivity (Wildman–Crippen MR) is 86.4 cm³/mol. The van der Waals surface area contributed by atoms with Gasteiger partial charge in [0.05, 0.1) is 6.04 Å². The highest BCUT2D eigenvalue weighted by Gasteiger charge is 2.18. The lowest BCUT2D eigenvalue weighted by molar-refractivity contribution is 0.630. The summed E-state index contributed by atoms with van der Waals surface area (Å²) < 4.78 is 14.3. The molecule has 0 saturated heterocycles. The maximum absolute atomic E-state index is 13.3. The quantitative estimate of drug-likeness (QED) is 0.706. The Kier molecular flexibility index (Phi) is 3.87. The van der Waals surface area contributed by atoms with E-state index in [2.05, 4.69) is 36.7 Å². The lowest BCUT2D eigenvalue weighted by atomic mass is 10.1. The van der Waals surface area contributed by atoms with Crippen molar-refractivity contribution in [3.63, 3.8) is 0 Å². The third-order valence-corrected chi connectivity index (χ3v) is 5.43. The second-order valence-electron chi connectivity index (χ2n) is 4.75. The summed E-state index contributed by atoms with van der Waals surface area (Å²) in [5, 5.41) is 6.78. The van der Waals surface area contributed by atoms with Crippen molar-refractivity contribution in [2.45, 2.75) is 19.9 Å². The predicted octanol–water partition coefficient (Wildman–Crippen LogP) is 5.11. The first-order chi connectivity index (χ1) is 9.69. The van der Waals surface area contributed by atoms with Crippen molar-refractivity contribution < 1.29 is 4.39 Å². The fourth-order valence-electron chi connectivity index (χ4n) is 2.43. The lowest BCUT2D eigenvalue weighted by Gasteiger charge is -2.16. The van der Waals surface area contributed by atoms with Gasteiger partial charge in [0.25, 0.3) is 0 Å². The molecule has 0 aliphatic rings. The summed E-state index contributed by atoms with van der Waals surface area (Å²) in [6, 6.07) is 9.55. The van der Waals surface area contributed by atoms with E-state index < -0.39 is 0 Å². The molecule has 2 heterocycles. The standard InChI is InChI=1S/C16H16FNS2/c1-3-18-16(13-6-7-19-10(13)2)15-8-11-4-5-12(17)9-14(11)20-15/h4-9,16,18H,3H2,1-2H3. The minimum absolute atomic E-state index is 0.169. The molecule has 2 aromatic heterocycles. The van der Waals surface area contributed by atoms with E-state index in [4.69, 9.17) is 0 Å². The Balaban J connectivity index is 2.07. The molecule has 4 heteroatoms. The molecule has 0 bridgehead atoms. The summed E-state index contributed by atoms with van der Waals surface area (Å²) in [6.45, 7) is 5.17. The Bertz CT molecular complexity index is 729. The summed E-state index contributed by atoms with van der Waals surface area (Å²) in [5.41, 5.74) is 1.32. The van der Waals surface area contributed by atoms with Crippen molar-refractivity contribution in [2.75, 3.05) is 6.54 Å². The van der Waals surface area contributed by atoms with Crippen LogP contribution in [0.15, 0.2) is 35.7 Å². The topological polar surface area (TPSA) is 12.0 Å². The number of aryl methyl sites for hydroxylation is 1. The van der Waals surface area contributed by atoms with E-state index in [1.54, 1.807) is 28.7 Å². The Morgan fingerprint density at radius 3 is 2.80 bits per heavy atom. The minimum Gasteiger partial charge on any atom is -0.306 e. The third kappa shape index (κ3) is 2.51. The van der Waals surface area contributed by atoms with Crippen molar-refractivity contribution in [1.82, 2.24) is 5.32 Å². The first kappa shape index (κ1) is 13.7. The van der Waals surface area contributed by atoms with Gasteiger partial charge in [-0.05, 0) is 54.1 Å². The molecule has 0 fully saturated rings. The molecule has 20 heavy (non-hydrogen) atoms. The second-order valence-corrected chi connectivity index (χ2v) is 6.99. The van der Waals surface area contributed by atoms with Crippen LogP contribution >= 0.6 is 22.7 Å². The molecular weight excluding hydrogens is 289 g/mol. The maximum Gasteiger partial charge on any atom is 0.124 e. The minimum atomic E-state index is -0.169. The van der Waals surface area contributed by atoms with Crippen LogP contribution in [0.25, 0.3) is 10.1 Å². The smallest absolute Gasteiger partial charge is 0.124 e. The van der Waals surface area contributed by atoms with E-state index >= 15 is 0 Å². The van der Waals surface area contributed by atoms with Gasteiger partial charge in [-0.25, -0.2) is 4.39 Å². The van der Waals surface area contributed by atoms with Crippen molar-refractivity contribution in [2.24, 2.45) is 0 Å². The van der Waals surface area contributed by atoms with Crippen molar-refractivity contribution in [1.29, 1.82) is 0 Å². The van der Waals surface area contributed by atoms with Gasteiger partial charge < -0.3 is 5.32 Å². The Hall–Kier alpha value is -1.23. The van der Waals surface area contributed by atoms with Crippen LogP contribution in [0.3, 0.4) is 0 Å². The molecular formula is C16H16FNS2. The van der Waals surface area contributed by atoms with Gasteiger partial charge in [0.15, 0.2) is 0 Å². The van der Waals surface area contributed by atoms with E-state index in [9.17, 15) is 4.39 Å². The van der Waals surface area contributed by atoms with Crippen LogP contribution in [-0.4, -0.2) is 6.54 Å². The zero-order chi connectivity index (χ0) is 14.1. The molecule has 1 atom stereocenters.